The van der Waals surface area contributed by atoms with Gasteiger partial charge in [-0.05, 0) is 30.2 Å². The monoisotopic (exact) mass is 380 g/mol. The Morgan fingerprint density at radius 2 is 1.82 bits per heavy atom. The molecular formula is C22H24N2O4. The molecule has 2 amide bonds. The summed E-state index contributed by atoms with van der Waals surface area (Å²) in [5.74, 6) is -0.0193. The van der Waals surface area contributed by atoms with Gasteiger partial charge in [0.1, 0.15) is 11.4 Å². The van der Waals surface area contributed by atoms with Gasteiger partial charge in [-0.3, -0.25) is 4.79 Å². The molecule has 0 atom stereocenters. The standard InChI is InChI=1S/C22H24N2O4/c25-19-8-4-7-18(15-19)20(26)23-13-10-22(11-14-23)16-24(21(27)28-22)12-9-17-5-2-1-3-6-17/h1-8,15,25H,9-14,16H2. The molecule has 2 fully saturated rings. The lowest BCUT2D eigenvalue weighted by Gasteiger charge is -2.37. The number of phenols is 1. The average Bonchev–Trinajstić information content (AvgIpc) is 3.02. The van der Waals surface area contributed by atoms with Crippen LogP contribution in [0.1, 0.15) is 28.8 Å². The number of nitrogens with zero attached hydrogens (tertiary/aromatic N) is 2. The van der Waals surface area contributed by atoms with Gasteiger partial charge in [-0.2, -0.15) is 0 Å². The van der Waals surface area contributed by atoms with E-state index in [9.17, 15) is 14.7 Å². The Labute approximate surface area is 164 Å². The first-order valence-electron chi connectivity index (χ1n) is 9.65. The van der Waals surface area contributed by atoms with Crippen LogP contribution in [0.2, 0.25) is 0 Å². The van der Waals surface area contributed by atoms with E-state index in [4.69, 9.17) is 4.74 Å². The van der Waals surface area contributed by atoms with Crippen molar-refractivity contribution in [2.75, 3.05) is 26.2 Å². The number of likely N-dealkylation sites (tertiary alicyclic amines) is 1. The predicted octanol–water partition coefficient (Wildman–Crippen LogP) is 3.06. The molecule has 2 aromatic rings. The Kier molecular flexibility index (Phi) is 4.94. The van der Waals surface area contributed by atoms with E-state index < -0.39 is 5.60 Å². The highest BCUT2D eigenvalue weighted by atomic mass is 16.6. The first kappa shape index (κ1) is 18.3. The van der Waals surface area contributed by atoms with Crippen molar-refractivity contribution in [3.63, 3.8) is 0 Å². The normalized spacial score (nSPS) is 18.4. The fraction of sp³-hybridized carbons (Fsp3) is 0.364. The van der Waals surface area contributed by atoms with Crippen LogP contribution in [-0.4, -0.2) is 58.7 Å². The van der Waals surface area contributed by atoms with Crippen molar-refractivity contribution < 1.29 is 19.4 Å². The van der Waals surface area contributed by atoms with E-state index in [0.29, 0.717) is 44.6 Å². The molecule has 2 saturated heterocycles. The summed E-state index contributed by atoms with van der Waals surface area (Å²) in [6.07, 6.45) is 1.80. The molecule has 2 aromatic carbocycles. The van der Waals surface area contributed by atoms with Crippen LogP contribution in [0.25, 0.3) is 0 Å². The van der Waals surface area contributed by atoms with Crippen LogP contribution in [0.5, 0.6) is 5.75 Å². The fourth-order valence-corrected chi connectivity index (χ4v) is 3.97. The maximum absolute atomic E-state index is 12.6. The van der Waals surface area contributed by atoms with Gasteiger partial charge in [0.25, 0.3) is 5.91 Å². The van der Waals surface area contributed by atoms with E-state index in [2.05, 4.69) is 12.1 Å². The minimum atomic E-state index is -0.497. The third kappa shape index (κ3) is 3.81. The van der Waals surface area contributed by atoms with E-state index >= 15 is 0 Å². The number of carbonyl (C=O) groups excluding carboxylic acids is 2. The summed E-state index contributed by atoms with van der Waals surface area (Å²) in [6.45, 7) is 2.28. The lowest BCUT2D eigenvalue weighted by atomic mass is 9.91. The molecule has 0 radical (unpaired) electrons. The molecule has 0 saturated carbocycles. The van der Waals surface area contributed by atoms with Gasteiger partial charge in [0, 0.05) is 38.0 Å². The summed E-state index contributed by atoms with van der Waals surface area (Å²) in [5, 5.41) is 9.59. The zero-order chi connectivity index (χ0) is 19.6. The quantitative estimate of drug-likeness (QED) is 0.885. The molecule has 1 spiro atoms. The van der Waals surface area contributed by atoms with Crippen molar-refractivity contribution in [3.8, 4) is 5.75 Å². The van der Waals surface area contributed by atoms with Gasteiger partial charge in [0.2, 0.25) is 0 Å². The number of ether oxygens (including phenoxy) is 1. The molecule has 0 unspecified atom stereocenters. The molecule has 2 aliphatic heterocycles. The second kappa shape index (κ2) is 7.54. The Hall–Kier alpha value is -3.02. The number of rotatable bonds is 4. The molecule has 2 heterocycles. The smallest absolute Gasteiger partial charge is 0.410 e. The van der Waals surface area contributed by atoms with E-state index in [0.717, 1.165) is 6.42 Å². The zero-order valence-electron chi connectivity index (χ0n) is 15.7. The summed E-state index contributed by atoms with van der Waals surface area (Å²) in [6, 6.07) is 16.5. The van der Waals surface area contributed by atoms with E-state index in [1.807, 2.05) is 18.2 Å². The number of phenolic OH excluding ortho intramolecular Hbond substituents is 1. The predicted molar refractivity (Wildman–Crippen MR) is 104 cm³/mol. The summed E-state index contributed by atoms with van der Waals surface area (Å²) >= 11 is 0. The number of carbonyl (C=O) groups is 2. The average molecular weight is 380 g/mol. The third-order valence-corrected chi connectivity index (χ3v) is 5.61. The molecule has 0 aromatic heterocycles. The first-order valence-corrected chi connectivity index (χ1v) is 9.65. The fourth-order valence-electron chi connectivity index (χ4n) is 3.97. The van der Waals surface area contributed by atoms with Crippen LogP contribution in [0.4, 0.5) is 4.79 Å². The van der Waals surface area contributed by atoms with Crippen molar-refractivity contribution in [3.05, 3.63) is 65.7 Å². The van der Waals surface area contributed by atoms with Gasteiger partial charge in [-0.15, -0.1) is 0 Å². The number of benzene rings is 2. The molecular weight excluding hydrogens is 356 g/mol. The van der Waals surface area contributed by atoms with Crippen LogP contribution < -0.4 is 0 Å². The van der Waals surface area contributed by atoms with E-state index in [1.54, 1.807) is 28.0 Å². The molecule has 0 aliphatic carbocycles. The number of hydrogen-bond donors (Lipinski definition) is 1. The number of amides is 2. The number of hydrogen-bond acceptors (Lipinski definition) is 4. The Morgan fingerprint density at radius 3 is 2.54 bits per heavy atom. The summed E-state index contributed by atoms with van der Waals surface area (Å²) in [7, 11) is 0. The first-order chi connectivity index (χ1) is 13.5. The van der Waals surface area contributed by atoms with Crippen molar-refractivity contribution in [1.29, 1.82) is 0 Å². The maximum atomic E-state index is 12.6. The molecule has 4 rings (SSSR count). The van der Waals surface area contributed by atoms with Crippen molar-refractivity contribution >= 4 is 12.0 Å². The maximum Gasteiger partial charge on any atom is 0.410 e. The highest BCUT2D eigenvalue weighted by Gasteiger charge is 2.47. The Morgan fingerprint density at radius 1 is 1.07 bits per heavy atom. The minimum absolute atomic E-state index is 0.0816. The van der Waals surface area contributed by atoms with Crippen LogP contribution in [0.3, 0.4) is 0 Å². The SMILES string of the molecule is O=C1OC2(CCN(C(=O)c3cccc(O)c3)CC2)CN1CCc1ccccc1. The van der Waals surface area contributed by atoms with E-state index in [1.165, 1.54) is 11.6 Å². The molecule has 146 valence electrons. The van der Waals surface area contributed by atoms with Gasteiger partial charge in [-0.25, -0.2) is 4.79 Å². The molecule has 28 heavy (non-hydrogen) atoms. The van der Waals surface area contributed by atoms with Crippen LogP contribution in [0.15, 0.2) is 54.6 Å². The third-order valence-electron chi connectivity index (χ3n) is 5.61. The number of aromatic hydroxyl groups is 1. The second-order valence-electron chi connectivity index (χ2n) is 7.55. The lowest BCUT2D eigenvalue weighted by Crippen LogP contribution is -2.48. The van der Waals surface area contributed by atoms with Crippen molar-refractivity contribution in [2.45, 2.75) is 24.9 Å². The zero-order valence-corrected chi connectivity index (χ0v) is 15.7. The lowest BCUT2D eigenvalue weighted by molar-refractivity contribution is 0.00312. The summed E-state index contributed by atoms with van der Waals surface area (Å²) in [4.78, 5) is 28.5. The largest absolute Gasteiger partial charge is 0.508 e. The van der Waals surface area contributed by atoms with E-state index in [-0.39, 0.29) is 17.7 Å². The van der Waals surface area contributed by atoms with Gasteiger partial charge < -0.3 is 19.6 Å². The van der Waals surface area contributed by atoms with Crippen LogP contribution in [-0.2, 0) is 11.2 Å². The molecule has 1 N–H and O–H groups in total. The second-order valence-corrected chi connectivity index (χ2v) is 7.55. The topological polar surface area (TPSA) is 70.1 Å². The number of piperidine rings is 1. The molecule has 2 aliphatic rings. The molecule has 6 nitrogen and oxygen atoms in total. The summed E-state index contributed by atoms with van der Waals surface area (Å²) in [5.41, 5.74) is 1.18. The van der Waals surface area contributed by atoms with Crippen molar-refractivity contribution in [2.24, 2.45) is 0 Å². The van der Waals surface area contributed by atoms with Gasteiger partial charge >= 0.3 is 6.09 Å². The highest BCUT2D eigenvalue weighted by molar-refractivity contribution is 5.94. The van der Waals surface area contributed by atoms with Crippen LogP contribution in [0, 0.1) is 0 Å². The van der Waals surface area contributed by atoms with Gasteiger partial charge in [0.15, 0.2) is 0 Å². The van der Waals surface area contributed by atoms with Crippen molar-refractivity contribution in [1.82, 2.24) is 9.80 Å². The van der Waals surface area contributed by atoms with Gasteiger partial charge in [-0.1, -0.05) is 36.4 Å². The Balaban J connectivity index is 1.34. The Bertz CT molecular complexity index is 860. The molecule has 6 heteroatoms. The minimum Gasteiger partial charge on any atom is -0.508 e. The molecule has 0 bridgehead atoms. The van der Waals surface area contributed by atoms with Gasteiger partial charge in [0.05, 0.1) is 6.54 Å². The highest BCUT2D eigenvalue weighted by Crippen LogP contribution is 2.34. The summed E-state index contributed by atoms with van der Waals surface area (Å²) < 4.78 is 5.75. The van der Waals surface area contributed by atoms with Crippen LogP contribution >= 0.6 is 0 Å².